The summed E-state index contributed by atoms with van der Waals surface area (Å²) in [5.41, 5.74) is 5.55. The van der Waals surface area contributed by atoms with Crippen LogP contribution in [0.15, 0.2) is 22.7 Å². The molecule has 2 heterocycles. The van der Waals surface area contributed by atoms with E-state index in [1.807, 2.05) is 32.3 Å². The fraction of sp³-hybridized carbons (Fsp3) is 0.364. The molecule has 2 aromatic rings. The van der Waals surface area contributed by atoms with Gasteiger partial charge in [0.2, 0.25) is 0 Å². The molecule has 0 aliphatic rings. The number of hydrogen-bond donors (Lipinski definition) is 1. The average molecular weight is 237 g/mol. The van der Waals surface area contributed by atoms with Crippen LogP contribution >= 0.6 is 11.3 Å². The maximum Gasteiger partial charge on any atom is 0.185 e. The molecular weight excluding hydrogens is 222 g/mol. The lowest BCUT2D eigenvalue weighted by Gasteiger charge is -2.13. The number of aryl methyl sites for hydroxylation is 1. The first-order valence-corrected chi connectivity index (χ1v) is 5.92. The molecule has 4 nitrogen and oxygen atoms in total. The van der Waals surface area contributed by atoms with Gasteiger partial charge in [-0.05, 0) is 19.1 Å². The molecule has 0 unspecified atom stereocenters. The molecule has 0 amide bonds. The van der Waals surface area contributed by atoms with Gasteiger partial charge in [-0.2, -0.15) is 0 Å². The molecule has 0 atom stereocenters. The molecule has 0 radical (unpaired) electrons. The summed E-state index contributed by atoms with van der Waals surface area (Å²) in [6, 6.07) is 3.96. The van der Waals surface area contributed by atoms with E-state index in [0.717, 1.165) is 28.1 Å². The highest BCUT2D eigenvalue weighted by Gasteiger charge is 2.08. The highest BCUT2D eigenvalue weighted by atomic mass is 32.1. The van der Waals surface area contributed by atoms with Crippen molar-refractivity contribution in [1.82, 2.24) is 4.98 Å². The Morgan fingerprint density at radius 2 is 2.31 bits per heavy atom. The van der Waals surface area contributed by atoms with E-state index in [9.17, 15) is 0 Å². The highest BCUT2D eigenvalue weighted by molar-refractivity contribution is 7.15. The molecule has 2 aromatic heterocycles. The first-order valence-electron chi connectivity index (χ1n) is 5.10. The van der Waals surface area contributed by atoms with Crippen molar-refractivity contribution in [3.8, 4) is 0 Å². The summed E-state index contributed by atoms with van der Waals surface area (Å²) < 4.78 is 5.52. The standard InChI is InChI=1S/C11H15N3OS/c1-8-3-4-9(15-8)7-14(2)11-13-6-10(5-12)16-11/h3-4,6H,5,7,12H2,1-2H3. The van der Waals surface area contributed by atoms with Gasteiger partial charge in [0.25, 0.3) is 0 Å². The van der Waals surface area contributed by atoms with Gasteiger partial charge in [-0.1, -0.05) is 0 Å². The molecule has 5 heteroatoms. The first kappa shape index (κ1) is 11.2. The van der Waals surface area contributed by atoms with E-state index < -0.39 is 0 Å². The van der Waals surface area contributed by atoms with Gasteiger partial charge in [0, 0.05) is 24.7 Å². The zero-order valence-corrected chi connectivity index (χ0v) is 10.3. The van der Waals surface area contributed by atoms with Crippen molar-refractivity contribution in [3.05, 3.63) is 34.7 Å². The molecule has 0 saturated heterocycles. The van der Waals surface area contributed by atoms with Gasteiger partial charge < -0.3 is 15.1 Å². The lowest BCUT2D eigenvalue weighted by molar-refractivity contribution is 0.481. The molecule has 2 rings (SSSR count). The normalized spacial score (nSPS) is 10.7. The molecule has 16 heavy (non-hydrogen) atoms. The van der Waals surface area contributed by atoms with Crippen LogP contribution in [0.5, 0.6) is 0 Å². The van der Waals surface area contributed by atoms with Gasteiger partial charge in [-0.3, -0.25) is 0 Å². The van der Waals surface area contributed by atoms with Gasteiger partial charge in [-0.15, -0.1) is 11.3 Å². The minimum Gasteiger partial charge on any atom is -0.464 e. The predicted molar refractivity (Wildman–Crippen MR) is 65.6 cm³/mol. The summed E-state index contributed by atoms with van der Waals surface area (Å²) >= 11 is 1.62. The third-order valence-electron chi connectivity index (χ3n) is 2.26. The van der Waals surface area contributed by atoms with E-state index in [1.54, 1.807) is 11.3 Å². The molecule has 0 aromatic carbocycles. The van der Waals surface area contributed by atoms with Crippen LogP contribution in [-0.4, -0.2) is 12.0 Å². The zero-order valence-electron chi connectivity index (χ0n) is 9.43. The third kappa shape index (κ3) is 2.43. The van der Waals surface area contributed by atoms with E-state index in [2.05, 4.69) is 9.88 Å². The number of hydrogen-bond acceptors (Lipinski definition) is 5. The number of furan rings is 1. The van der Waals surface area contributed by atoms with Crippen LogP contribution in [0.3, 0.4) is 0 Å². The molecule has 0 bridgehead atoms. The second kappa shape index (κ2) is 4.67. The Bertz CT molecular complexity index is 463. The lowest BCUT2D eigenvalue weighted by atomic mass is 10.4. The van der Waals surface area contributed by atoms with Crippen LogP contribution in [0, 0.1) is 6.92 Å². The Morgan fingerprint density at radius 3 is 2.88 bits per heavy atom. The second-order valence-electron chi connectivity index (χ2n) is 3.68. The summed E-state index contributed by atoms with van der Waals surface area (Å²) in [5.74, 6) is 1.88. The Balaban J connectivity index is 2.05. The van der Waals surface area contributed by atoms with Crippen LogP contribution in [0.2, 0.25) is 0 Å². The van der Waals surface area contributed by atoms with Crippen molar-refractivity contribution in [2.45, 2.75) is 20.0 Å². The lowest BCUT2D eigenvalue weighted by Crippen LogP contribution is -2.15. The van der Waals surface area contributed by atoms with Crippen LogP contribution in [0.4, 0.5) is 5.13 Å². The van der Waals surface area contributed by atoms with Gasteiger partial charge in [0.1, 0.15) is 11.5 Å². The Morgan fingerprint density at radius 1 is 1.50 bits per heavy atom. The Labute approximate surface area is 98.7 Å². The topological polar surface area (TPSA) is 55.3 Å². The number of rotatable bonds is 4. The van der Waals surface area contributed by atoms with E-state index in [-0.39, 0.29) is 0 Å². The minimum atomic E-state index is 0.547. The SMILES string of the molecule is Cc1ccc(CN(C)c2ncc(CN)s2)o1. The fourth-order valence-electron chi connectivity index (χ4n) is 1.44. The monoisotopic (exact) mass is 237 g/mol. The molecule has 2 N–H and O–H groups in total. The average Bonchev–Trinajstić information content (AvgIpc) is 2.87. The quantitative estimate of drug-likeness (QED) is 0.885. The van der Waals surface area contributed by atoms with Crippen molar-refractivity contribution in [3.63, 3.8) is 0 Å². The summed E-state index contributed by atoms with van der Waals surface area (Å²) in [5, 5.41) is 0.967. The van der Waals surface area contributed by atoms with E-state index in [1.165, 1.54) is 0 Å². The maximum atomic E-state index is 5.55. The summed E-state index contributed by atoms with van der Waals surface area (Å²) in [4.78, 5) is 7.47. The summed E-state index contributed by atoms with van der Waals surface area (Å²) in [6.45, 7) is 3.22. The third-order valence-corrected chi connectivity index (χ3v) is 3.39. The minimum absolute atomic E-state index is 0.547. The van der Waals surface area contributed by atoms with Gasteiger partial charge >= 0.3 is 0 Å². The molecule has 0 spiro atoms. The van der Waals surface area contributed by atoms with Crippen LogP contribution in [0.25, 0.3) is 0 Å². The fourth-order valence-corrected chi connectivity index (χ4v) is 2.19. The summed E-state index contributed by atoms with van der Waals surface area (Å²) in [6.07, 6.45) is 1.82. The number of nitrogens with two attached hydrogens (primary N) is 1. The molecule has 0 fully saturated rings. The zero-order chi connectivity index (χ0) is 11.5. The van der Waals surface area contributed by atoms with Gasteiger partial charge in [0.15, 0.2) is 5.13 Å². The van der Waals surface area contributed by atoms with E-state index >= 15 is 0 Å². The van der Waals surface area contributed by atoms with Gasteiger partial charge in [-0.25, -0.2) is 4.98 Å². The van der Waals surface area contributed by atoms with Crippen molar-refractivity contribution >= 4 is 16.5 Å². The maximum absolute atomic E-state index is 5.55. The van der Waals surface area contributed by atoms with Crippen LogP contribution < -0.4 is 10.6 Å². The number of anilines is 1. The van der Waals surface area contributed by atoms with E-state index in [4.69, 9.17) is 10.2 Å². The largest absolute Gasteiger partial charge is 0.464 e. The molecular formula is C11H15N3OS. The van der Waals surface area contributed by atoms with Crippen LogP contribution in [-0.2, 0) is 13.1 Å². The van der Waals surface area contributed by atoms with Gasteiger partial charge in [0.05, 0.1) is 6.54 Å². The van der Waals surface area contributed by atoms with Crippen molar-refractivity contribution in [2.75, 3.05) is 11.9 Å². The Hall–Kier alpha value is -1.33. The molecule has 0 saturated carbocycles. The number of thiazole rings is 1. The number of nitrogens with zero attached hydrogens (tertiary/aromatic N) is 2. The first-order chi connectivity index (χ1) is 7.69. The predicted octanol–water partition coefficient (Wildman–Crippen LogP) is 2.14. The van der Waals surface area contributed by atoms with Crippen molar-refractivity contribution in [1.29, 1.82) is 0 Å². The second-order valence-corrected chi connectivity index (χ2v) is 4.78. The summed E-state index contributed by atoms with van der Waals surface area (Å²) in [7, 11) is 2.00. The molecule has 0 aliphatic heterocycles. The molecule has 0 aliphatic carbocycles. The van der Waals surface area contributed by atoms with Crippen molar-refractivity contribution in [2.24, 2.45) is 5.73 Å². The Kier molecular flexibility index (Phi) is 3.26. The number of aromatic nitrogens is 1. The van der Waals surface area contributed by atoms with E-state index in [0.29, 0.717) is 6.54 Å². The van der Waals surface area contributed by atoms with Crippen molar-refractivity contribution < 1.29 is 4.42 Å². The molecule has 86 valence electrons. The smallest absolute Gasteiger partial charge is 0.185 e. The highest BCUT2D eigenvalue weighted by Crippen LogP contribution is 2.22. The van der Waals surface area contributed by atoms with Crippen LogP contribution in [0.1, 0.15) is 16.4 Å².